The highest BCUT2D eigenvalue weighted by molar-refractivity contribution is 7.14. The summed E-state index contributed by atoms with van der Waals surface area (Å²) in [5.41, 5.74) is 2.35. The van der Waals surface area contributed by atoms with Gasteiger partial charge in [-0.25, -0.2) is 9.59 Å². The number of thiophene rings is 1. The third kappa shape index (κ3) is 4.95. The van der Waals surface area contributed by atoms with Crippen LogP contribution in [0.5, 0.6) is 0 Å². The first-order valence-corrected chi connectivity index (χ1v) is 11.9. The highest BCUT2D eigenvalue weighted by atomic mass is 32.1. The number of ketones is 1. The van der Waals surface area contributed by atoms with Crippen LogP contribution in [0, 0.1) is 18.3 Å². The fourth-order valence-electron chi connectivity index (χ4n) is 3.78. The van der Waals surface area contributed by atoms with E-state index in [9.17, 15) is 19.6 Å². The molecular weight excluding hydrogens is 452 g/mol. The first-order valence-electron chi connectivity index (χ1n) is 11.0. The van der Waals surface area contributed by atoms with E-state index >= 15 is 0 Å². The summed E-state index contributed by atoms with van der Waals surface area (Å²) in [6.45, 7) is 8.11. The molecule has 0 fully saturated rings. The zero-order chi connectivity index (χ0) is 24.8. The number of ether oxygens (including phenoxy) is 2. The Morgan fingerprint density at radius 2 is 1.76 bits per heavy atom. The van der Waals surface area contributed by atoms with Crippen molar-refractivity contribution in [2.75, 3.05) is 13.2 Å². The van der Waals surface area contributed by atoms with E-state index in [0.717, 1.165) is 34.3 Å². The van der Waals surface area contributed by atoms with Crippen LogP contribution < -0.4 is 0 Å². The van der Waals surface area contributed by atoms with Crippen molar-refractivity contribution in [3.05, 3.63) is 62.5 Å². The van der Waals surface area contributed by atoms with Gasteiger partial charge in [-0.3, -0.25) is 4.79 Å². The van der Waals surface area contributed by atoms with Gasteiger partial charge < -0.3 is 14.0 Å². The zero-order valence-electron chi connectivity index (χ0n) is 19.6. The fourth-order valence-corrected chi connectivity index (χ4v) is 4.97. The second kappa shape index (κ2) is 10.9. The summed E-state index contributed by atoms with van der Waals surface area (Å²) < 4.78 is 12.3. The molecule has 8 heteroatoms. The van der Waals surface area contributed by atoms with Crippen molar-refractivity contribution < 1.29 is 23.9 Å². The van der Waals surface area contributed by atoms with Gasteiger partial charge in [0.15, 0.2) is 5.78 Å². The van der Waals surface area contributed by atoms with E-state index in [1.54, 1.807) is 26.8 Å². The molecule has 0 N–H and O–H groups in total. The number of aromatic nitrogens is 1. The number of carbonyl (C=O) groups is 3. The van der Waals surface area contributed by atoms with E-state index in [1.807, 2.05) is 48.0 Å². The molecular formula is C26H26N2O5S. The number of benzene rings is 1. The topological polar surface area (TPSA) is 98.4 Å². The minimum atomic E-state index is -0.608. The third-order valence-electron chi connectivity index (χ3n) is 5.36. The number of allylic oxidation sites excluding steroid dienone is 1. The lowest BCUT2D eigenvalue weighted by Gasteiger charge is -2.05. The monoisotopic (exact) mass is 478 g/mol. The molecule has 2 aromatic heterocycles. The first-order chi connectivity index (χ1) is 16.4. The predicted molar refractivity (Wildman–Crippen MR) is 131 cm³/mol. The van der Waals surface area contributed by atoms with Crippen LogP contribution in [0.4, 0.5) is 0 Å². The summed E-state index contributed by atoms with van der Waals surface area (Å²) in [5.74, 6) is -1.61. The van der Waals surface area contributed by atoms with Crippen LogP contribution in [0.3, 0.4) is 0 Å². The smallest absolute Gasteiger partial charge is 0.348 e. The number of Topliss-reactive ketones (excluding diaryl/α,β-unsaturated/α-hetero) is 1. The van der Waals surface area contributed by atoms with E-state index in [4.69, 9.17) is 9.47 Å². The average molecular weight is 479 g/mol. The van der Waals surface area contributed by atoms with Gasteiger partial charge in [-0.2, -0.15) is 5.26 Å². The third-order valence-corrected chi connectivity index (χ3v) is 6.63. The molecule has 0 aliphatic rings. The van der Waals surface area contributed by atoms with Gasteiger partial charge in [0.25, 0.3) is 0 Å². The molecule has 0 radical (unpaired) electrons. The average Bonchev–Trinajstić information content (AvgIpc) is 3.34. The lowest BCUT2D eigenvalue weighted by molar-refractivity contribution is -0.114. The fraction of sp³-hybridized carbons (Fsp3) is 0.308. The van der Waals surface area contributed by atoms with E-state index in [0.29, 0.717) is 10.4 Å². The van der Waals surface area contributed by atoms with Crippen molar-refractivity contribution in [2.45, 2.75) is 40.7 Å². The molecule has 0 atom stereocenters. The minimum Gasteiger partial charge on any atom is -0.462 e. The molecule has 0 bridgehead atoms. The van der Waals surface area contributed by atoms with Crippen molar-refractivity contribution in [1.82, 2.24) is 4.57 Å². The summed E-state index contributed by atoms with van der Waals surface area (Å²) in [6, 6.07) is 9.78. The summed E-state index contributed by atoms with van der Waals surface area (Å²) in [4.78, 5) is 38.8. The number of carbonyl (C=O) groups excluding carboxylic acids is 3. The van der Waals surface area contributed by atoms with Crippen LogP contribution in [0.15, 0.2) is 36.0 Å². The second-order valence-corrected chi connectivity index (χ2v) is 8.56. The number of nitriles is 1. The van der Waals surface area contributed by atoms with Crippen LogP contribution in [0.2, 0.25) is 0 Å². The summed E-state index contributed by atoms with van der Waals surface area (Å²) in [5, 5.41) is 10.7. The van der Waals surface area contributed by atoms with Gasteiger partial charge in [0.05, 0.1) is 24.4 Å². The van der Waals surface area contributed by atoms with Gasteiger partial charge in [-0.1, -0.05) is 18.2 Å². The maximum absolute atomic E-state index is 13.2. The van der Waals surface area contributed by atoms with Crippen molar-refractivity contribution in [2.24, 2.45) is 0 Å². The molecule has 0 unspecified atom stereocenters. The first kappa shape index (κ1) is 24.9. The molecule has 0 saturated carbocycles. The van der Waals surface area contributed by atoms with Gasteiger partial charge in [0.2, 0.25) is 0 Å². The van der Waals surface area contributed by atoms with Crippen molar-refractivity contribution in [3.63, 3.8) is 0 Å². The second-order valence-electron chi connectivity index (χ2n) is 7.45. The van der Waals surface area contributed by atoms with E-state index in [2.05, 4.69) is 0 Å². The number of nitrogens with zero attached hydrogens (tertiary/aromatic N) is 2. The Morgan fingerprint density at radius 3 is 2.41 bits per heavy atom. The highest BCUT2D eigenvalue weighted by Crippen LogP contribution is 2.31. The highest BCUT2D eigenvalue weighted by Gasteiger charge is 2.28. The van der Waals surface area contributed by atoms with Gasteiger partial charge in [-0.05, 0) is 45.4 Å². The Bertz CT molecular complexity index is 1320. The number of para-hydroxylation sites is 1. The van der Waals surface area contributed by atoms with Gasteiger partial charge >= 0.3 is 11.9 Å². The van der Waals surface area contributed by atoms with Crippen molar-refractivity contribution in [1.29, 1.82) is 5.26 Å². The molecule has 3 rings (SSSR count). The molecule has 0 amide bonds. The summed E-state index contributed by atoms with van der Waals surface area (Å²) >= 11 is 1.02. The largest absolute Gasteiger partial charge is 0.462 e. The van der Waals surface area contributed by atoms with Crippen molar-refractivity contribution >= 4 is 46.0 Å². The van der Waals surface area contributed by atoms with Crippen LogP contribution in [-0.2, 0) is 27.2 Å². The molecule has 1 aromatic carbocycles. The van der Waals surface area contributed by atoms with Crippen LogP contribution in [-0.4, -0.2) is 35.5 Å². The van der Waals surface area contributed by atoms with Gasteiger partial charge in [-0.15, -0.1) is 11.3 Å². The molecule has 0 saturated heterocycles. The zero-order valence-corrected chi connectivity index (χ0v) is 20.5. The van der Waals surface area contributed by atoms with E-state index < -0.39 is 17.7 Å². The Labute approximate surface area is 202 Å². The van der Waals surface area contributed by atoms with Gasteiger partial charge in [0.1, 0.15) is 10.9 Å². The minimum absolute atomic E-state index is 0.0300. The van der Waals surface area contributed by atoms with E-state index in [-0.39, 0.29) is 35.6 Å². The standard InChI is InChI=1S/C26H26N2O5S/c1-5-28-15-18(19-10-8-9-11-20(19)28)12-17(14-27)21(29)13-22-23(25(30)32-6-2)16(4)24(34-22)26(31)33-7-3/h8-12,15H,5-7,13H2,1-4H3/b17-12+. The quantitative estimate of drug-likeness (QED) is 0.241. The number of rotatable bonds is 9. The summed E-state index contributed by atoms with van der Waals surface area (Å²) in [7, 11) is 0. The number of fused-ring (bicyclic) bond motifs is 1. The van der Waals surface area contributed by atoms with Crippen LogP contribution in [0.1, 0.15) is 56.8 Å². The SMILES string of the molecule is CCOC(=O)c1sc(CC(=O)/C(C#N)=C/c2cn(CC)c3ccccc23)c(C(=O)OCC)c1C. The lowest BCUT2D eigenvalue weighted by atomic mass is 10.0. The number of aryl methyl sites for hydroxylation is 1. The maximum Gasteiger partial charge on any atom is 0.348 e. The lowest BCUT2D eigenvalue weighted by Crippen LogP contribution is -2.12. The molecule has 2 heterocycles. The van der Waals surface area contributed by atoms with Gasteiger partial charge in [0, 0.05) is 40.5 Å². The Hall–Kier alpha value is -3.70. The number of esters is 2. The molecule has 3 aromatic rings. The number of hydrogen-bond donors (Lipinski definition) is 0. The number of hydrogen-bond acceptors (Lipinski definition) is 7. The van der Waals surface area contributed by atoms with Crippen LogP contribution in [0.25, 0.3) is 17.0 Å². The summed E-state index contributed by atoms with van der Waals surface area (Å²) in [6.07, 6.45) is 3.28. The Kier molecular flexibility index (Phi) is 8.03. The maximum atomic E-state index is 13.2. The Balaban J connectivity index is 2.01. The van der Waals surface area contributed by atoms with Crippen LogP contribution >= 0.6 is 11.3 Å². The molecule has 0 aliphatic carbocycles. The predicted octanol–water partition coefficient (Wildman–Crippen LogP) is 5.10. The van der Waals surface area contributed by atoms with Crippen molar-refractivity contribution in [3.8, 4) is 6.07 Å². The molecule has 176 valence electrons. The normalized spacial score (nSPS) is 11.3. The molecule has 34 heavy (non-hydrogen) atoms. The molecule has 0 aliphatic heterocycles. The Morgan fingerprint density at radius 1 is 1.09 bits per heavy atom. The molecule has 7 nitrogen and oxygen atoms in total. The van der Waals surface area contributed by atoms with E-state index in [1.165, 1.54) is 0 Å². The molecule has 0 spiro atoms.